The second kappa shape index (κ2) is 3.29. The van der Waals surface area contributed by atoms with Crippen LogP contribution in [-0.2, 0) is 6.42 Å². The van der Waals surface area contributed by atoms with Crippen LogP contribution in [-0.4, -0.2) is 25.4 Å². The van der Waals surface area contributed by atoms with E-state index in [0.717, 1.165) is 22.8 Å². The summed E-state index contributed by atoms with van der Waals surface area (Å²) in [6, 6.07) is 0. The predicted octanol–water partition coefficient (Wildman–Crippen LogP) is 0.856. The summed E-state index contributed by atoms with van der Waals surface area (Å²) in [5.74, 6) is 0. The molecule has 0 aromatic carbocycles. The van der Waals surface area contributed by atoms with Crippen LogP contribution in [0.4, 0.5) is 0 Å². The molecule has 0 saturated heterocycles. The van der Waals surface area contributed by atoms with Gasteiger partial charge in [-0.15, -0.1) is 10.2 Å². The molecule has 0 atom stereocenters. The highest BCUT2D eigenvalue weighted by Crippen LogP contribution is 2.16. The molecule has 0 aliphatic carbocycles. The molecule has 2 aromatic heterocycles. The third-order valence-corrected chi connectivity index (χ3v) is 2.88. The van der Waals surface area contributed by atoms with Gasteiger partial charge in [-0.05, 0) is 20.3 Å². The van der Waals surface area contributed by atoms with E-state index >= 15 is 0 Å². The molecule has 5 nitrogen and oxygen atoms in total. The fraction of sp³-hybridized carbons (Fsp3) is 0.625. The summed E-state index contributed by atoms with van der Waals surface area (Å²) in [5.41, 5.74) is 5.76. The molecule has 76 valence electrons. The molecule has 14 heavy (non-hydrogen) atoms. The molecule has 0 bridgehead atoms. The molecule has 2 rings (SSSR count). The van der Waals surface area contributed by atoms with E-state index in [1.54, 1.807) is 22.2 Å². The summed E-state index contributed by atoms with van der Waals surface area (Å²) >= 11 is 1.57. The quantitative estimate of drug-likeness (QED) is 0.817. The van der Waals surface area contributed by atoms with E-state index in [1.807, 2.05) is 13.8 Å². The Morgan fingerprint density at radius 2 is 2.36 bits per heavy atom. The van der Waals surface area contributed by atoms with Crippen molar-refractivity contribution in [2.45, 2.75) is 32.2 Å². The third kappa shape index (κ3) is 2.08. The average Bonchev–Trinajstić information content (AvgIpc) is 2.56. The molecule has 6 heteroatoms. The summed E-state index contributed by atoms with van der Waals surface area (Å²) in [6.07, 6.45) is 3.44. The van der Waals surface area contributed by atoms with Crippen LogP contribution < -0.4 is 5.73 Å². The number of aromatic nitrogens is 4. The minimum Gasteiger partial charge on any atom is -0.326 e. The van der Waals surface area contributed by atoms with Crippen LogP contribution in [0.25, 0.3) is 4.96 Å². The zero-order chi connectivity index (χ0) is 10.2. The van der Waals surface area contributed by atoms with Crippen molar-refractivity contribution in [3.63, 3.8) is 0 Å². The van der Waals surface area contributed by atoms with Crippen LogP contribution in [0, 0.1) is 0 Å². The van der Waals surface area contributed by atoms with Crippen molar-refractivity contribution >= 4 is 16.3 Å². The van der Waals surface area contributed by atoms with Crippen LogP contribution in [0.2, 0.25) is 0 Å². The topological polar surface area (TPSA) is 69.1 Å². The van der Waals surface area contributed by atoms with E-state index in [0.29, 0.717) is 0 Å². The van der Waals surface area contributed by atoms with Crippen molar-refractivity contribution in [1.29, 1.82) is 0 Å². The number of nitrogens with two attached hydrogens (primary N) is 1. The Labute approximate surface area is 86.0 Å². The molecular weight excluding hydrogens is 198 g/mol. The molecule has 0 amide bonds. The van der Waals surface area contributed by atoms with E-state index in [9.17, 15) is 0 Å². The Bertz CT molecular complexity index is 396. The number of hydrogen-bond donors (Lipinski definition) is 1. The molecule has 0 spiro atoms. The van der Waals surface area contributed by atoms with Gasteiger partial charge in [0.15, 0.2) is 0 Å². The highest BCUT2D eigenvalue weighted by atomic mass is 32.1. The van der Waals surface area contributed by atoms with Gasteiger partial charge in [-0.2, -0.15) is 9.61 Å². The van der Waals surface area contributed by atoms with Crippen LogP contribution in [0.1, 0.15) is 25.3 Å². The Balaban J connectivity index is 2.09. The molecule has 2 heterocycles. The minimum atomic E-state index is -0.133. The van der Waals surface area contributed by atoms with Gasteiger partial charge in [0, 0.05) is 12.0 Å². The van der Waals surface area contributed by atoms with Gasteiger partial charge < -0.3 is 5.73 Å². The summed E-state index contributed by atoms with van der Waals surface area (Å²) in [6.45, 7) is 4.04. The van der Waals surface area contributed by atoms with E-state index < -0.39 is 0 Å². The Morgan fingerprint density at radius 1 is 1.57 bits per heavy atom. The van der Waals surface area contributed by atoms with E-state index in [-0.39, 0.29) is 5.54 Å². The molecule has 0 fully saturated rings. The Morgan fingerprint density at radius 3 is 3.00 bits per heavy atom. The summed E-state index contributed by atoms with van der Waals surface area (Å²) < 4.78 is 1.70. The Hall–Kier alpha value is -1.01. The first-order chi connectivity index (χ1) is 6.54. The molecule has 0 unspecified atom stereocenters. The molecule has 2 N–H and O–H groups in total. The van der Waals surface area contributed by atoms with Crippen molar-refractivity contribution in [2.24, 2.45) is 5.73 Å². The molecule has 0 aliphatic heterocycles. The maximum Gasteiger partial charge on any atom is 0.234 e. The first-order valence-electron chi connectivity index (χ1n) is 4.49. The summed E-state index contributed by atoms with van der Waals surface area (Å²) in [7, 11) is 0. The fourth-order valence-corrected chi connectivity index (χ4v) is 1.94. The van der Waals surface area contributed by atoms with Crippen molar-refractivity contribution in [3.8, 4) is 0 Å². The van der Waals surface area contributed by atoms with Gasteiger partial charge in [0.2, 0.25) is 4.96 Å². The number of nitrogens with zero attached hydrogens (tertiary/aromatic N) is 4. The fourth-order valence-electron chi connectivity index (χ4n) is 1.13. The third-order valence-electron chi connectivity index (χ3n) is 1.91. The number of rotatable bonds is 3. The maximum absolute atomic E-state index is 5.89. The molecular formula is C8H13N5S. The van der Waals surface area contributed by atoms with Gasteiger partial charge in [0.1, 0.15) is 11.3 Å². The smallest absolute Gasteiger partial charge is 0.234 e. The zero-order valence-corrected chi connectivity index (χ0v) is 9.08. The minimum absolute atomic E-state index is 0.133. The monoisotopic (exact) mass is 211 g/mol. The SMILES string of the molecule is CC(C)(N)CCc1nn2cnnc2s1. The van der Waals surface area contributed by atoms with Gasteiger partial charge in [-0.25, -0.2) is 0 Å². The van der Waals surface area contributed by atoms with Crippen LogP contribution in [0.3, 0.4) is 0 Å². The highest BCUT2D eigenvalue weighted by molar-refractivity contribution is 7.16. The highest BCUT2D eigenvalue weighted by Gasteiger charge is 2.13. The number of aryl methyl sites for hydroxylation is 1. The van der Waals surface area contributed by atoms with E-state index in [1.165, 1.54) is 0 Å². The van der Waals surface area contributed by atoms with Gasteiger partial charge in [0.05, 0.1) is 0 Å². The van der Waals surface area contributed by atoms with Gasteiger partial charge in [-0.1, -0.05) is 11.3 Å². The van der Waals surface area contributed by atoms with Gasteiger partial charge in [0.25, 0.3) is 0 Å². The van der Waals surface area contributed by atoms with Crippen LogP contribution >= 0.6 is 11.3 Å². The number of fused-ring (bicyclic) bond motifs is 1. The van der Waals surface area contributed by atoms with Crippen molar-refractivity contribution in [3.05, 3.63) is 11.3 Å². The lowest BCUT2D eigenvalue weighted by molar-refractivity contribution is 0.475. The first-order valence-corrected chi connectivity index (χ1v) is 5.31. The van der Waals surface area contributed by atoms with Crippen molar-refractivity contribution < 1.29 is 0 Å². The van der Waals surface area contributed by atoms with Crippen molar-refractivity contribution in [1.82, 2.24) is 19.8 Å². The predicted molar refractivity (Wildman–Crippen MR) is 55.2 cm³/mol. The molecule has 0 saturated carbocycles. The maximum atomic E-state index is 5.89. The molecule has 0 aliphatic rings. The lowest BCUT2D eigenvalue weighted by atomic mass is 10.0. The lowest BCUT2D eigenvalue weighted by Crippen LogP contribution is -2.32. The van der Waals surface area contributed by atoms with Crippen molar-refractivity contribution in [2.75, 3.05) is 0 Å². The molecule has 0 radical (unpaired) electrons. The number of hydrogen-bond acceptors (Lipinski definition) is 5. The Kier molecular flexibility index (Phi) is 2.24. The second-order valence-corrected chi connectivity index (χ2v) is 5.08. The van der Waals surface area contributed by atoms with Gasteiger partial charge >= 0.3 is 0 Å². The summed E-state index contributed by atoms with van der Waals surface area (Å²) in [4.78, 5) is 0.842. The molecule has 2 aromatic rings. The van der Waals surface area contributed by atoms with E-state index in [2.05, 4.69) is 15.3 Å². The lowest BCUT2D eigenvalue weighted by Gasteiger charge is -2.16. The van der Waals surface area contributed by atoms with Gasteiger partial charge in [-0.3, -0.25) is 0 Å². The van der Waals surface area contributed by atoms with Crippen LogP contribution in [0.15, 0.2) is 6.33 Å². The van der Waals surface area contributed by atoms with E-state index in [4.69, 9.17) is 5.73 Å². The summed E-state index contributed by atoms with van der Waals surface area (Å²) in [5, 5.41) is 13.1. The zero-order valence-electron chi connectivity index (χ0n) is 8.27. The first kappa shape index (κ1) is 9.54. The normalized spacial score (nSPS) is 12.5. The largest absolute Gasteiger partial charge is 0.326 e. The van der Waals surface area contributed by atoms with Crippen LogP contribution in [0.5, 0.6) is 0 Å². The standard InChI is InChI=1S/C8H13N5S/c1-8(2,9)4-3-6-12-13-5-10-11-7(13)14-6/h5H,3-4,9H2,1-2H3. The average molecular weight is 211 g/mol. The second-order valence-electron chi connectivity index (χ2n) is 4.04.